The van der Waals surface area contributed by atoms with E-state index in [-0.39, 0.29) is 13.0 Å². The lowest BCUT2D eigenvalue weighted by Crippen LogP contribution is -2.32. The Morgan fingerprint density at radius 2 is 2.20 bits per heavy atom. The Balaban J connectivity index is 2.43. The van der Waals surface area contributed by atoms with Gasteiger partial charge in [-0.05, 0) is 13.8 Å². The highest BCUT2D eigenvalue weighted by Crippen LogP contribution is 2.23. The van der Waals surface area contributed by atoms with Gasteiger partial charge in [-0.25, -0.2) is 4.39 Å². The summed E-state index contributed by atoms with van der Waals surface area (Å²) in [5, 5.41) is 8.91. The molecule has 0 aliphatic carbocycles. The van der Waals surface area contributed by atoms with Gasteiger partial charge in [-0.3, -0.25) is 4.90 Å². The fourth-order valence-electron chi connectivity index (χ4n) is 1.23. The summed E-state index contributed by atoms with van der Waals surface area (Å²) in [7, 11) is 0. The van der Waals surface area contributed by atoms with Crippen LogP contribution in [0, 0.1) is 0 Å². The molecule has 1 unspecified atom stereocenters. The van der Waals surface area contributed by atoms with E-state index in [4.69, 9.17) is 5.11 Å². The van der Waals surface area contributed by atoms with E-state index in [0.29, 0.717) is 12.6 Å². The van der Waals surface area contributed by atoms with Crippen molar-refractivity contribution in [1.29, 1.82) is 0 Å². The largest absolute Gasteiger partial charge is 0.361 e. The van der Waals surface area contributed by atoms with E-state index in [1.54, 1.807) is 0 Å². The van der Waals surface area contributed by atoms with Gasteiger partial charge in [-0.2, -0.15) is 0 Å². The smallest absolute Gasteiger partial charge is 0.220 e. The molecule has 0 aromatic heterocycles. The van der Waals surface area contributed by atoms with Gasteiger partial charge in [0.15, 0.2) is 0 Å². The van der Waals surface area contributed by atoms with Crippen LogP contribution >= 0.6 is 0 Å². The average molecular weight is 147 g/mol. The summed E-state index contributed by atoms with van der Waals surface area (Å²) in [5.41, 5.74) is 0. The zero-order valence-corrected chi connectivity index (χ0v) is 6.47. The summed E-state index contributed by atoms with van der Waals surface area (Å²) in [6.45, 7) is 4.85. The van der Waals surface area contributed by atoms with Crippen LogP contribution in [0.1, 0.15) is 20.3 Å². The molecule has 0 aromatic carbocycles. The molecule has 0 aromatic rings. The van der Waals surface area contributed by atoms with Crippen molar-refractivity contribution in [2.45, 2.75) is 32.2 Å². The molecule has 1 N–H and O–H groups in total. The fourth-order valence-corrected chi connectivity index (χ4v) is 1.23. The Labute approximate surface area is 60.6 Å². The van der Waals surface area contributed by atoms with Gasteiger partial charge in [-0.1, -0.05) is 0 Å². The van der Waals surface area contributed by atoms with E-state index in [1.165, 1.54) is 0 Å². The third-order valence-electron chi connectivity index (χ3n) is 1.96. The van der Waals surface area contributed by atoms with Gasteiger partial charge in [0.25, 0.3) is 0 Å². The van der Waals surface area contributed by atoms with Crippen LogP contribution in [0.3, 0.4) is 0 Å². The Kier molecular flexibility index (Phi) is 1.97. The molecule has 0 saturated carbocycles. The van der Waals surface area contributed by atoms with Crippen molar-refractivity contribution in [1.82, 2.24) is 4.90 Å². The number of hydrogen-bond donors (Lipinski definition) is 1. The lowest BCUT2D eigenvalue weighted by atomic mass is 10.3. The molecule has 3 heteroatoms. The van der Waals surface area contributed by atoms with E-state index >= 15 is 0 Å². The number of likely N-dealkylation sites (tertiary alicyclic amines) is 1. The first-order valence-electron chi connectivity index (χ1n) is 3.67. The molecule has 1 atom stereocenters. The van der Waals surface area contributed by atoms with E-state index in [2.05, 4.69) is 0 Å². The molecule has 0 radical (unpaired) electrons. The monoisotopic (exact) mass is 147 g/mol. The molecule has 0 bridgehead atoms. The van der Waals surface area contributed by atoms with Gasteiger partial charge >= 0.3 is 0 Å². The maximum atomic E-state index is 12.7. The van der Waals surface area contributed by atoms with Crippen LogP contribution in [0.2, 0.25) is 0 Å². The second kappa shape index (κ2) is 2.47. The number of rotatable bonds is 1. The molecule has 1 aliphatic heterocycles. The van der Waals surface area contributed by atoms with Crippen molar-refractivity contribution in [2.24, 2.45) is 0 Å². The van der Waals surface area contributed by atoms with E-state index < -0.39 is 5.85 Å². The summed E-state index contributed by atoms with van der Waals surface area (Å²) < 4.78 is 12.7. The highest BCUT2D eigenvalue weighted by Gasteiger charge is 2.36. The molecule has 0 amide bonds. The molecule has 10 heavy (non-hydrogen) atoms. The van der Waals surface area contributed by atoms with E-state index in [1.807, 2.05) is 18.7 Å². The van der Waals surface area contributed by atoms with Gasteiger partial charge in [0, 0.05) is 19.0 Å². The van der Waals surface area contributed by atoms with Crippen molar-refractivity contribution in [3.8, 4) is 0 Å². The minimum absolute atomic E-state index is 0.171. The third kappa shape index (κ3) is 1.67. The van der Waals surface area contributed by atoms with E-state index in [9.17, 15) is 4.39 Å². The topological polar surface area (TPSA) is 23.5 Å². The van der Waals surface area contributed by atoms with Crippen molar-refractivity contribution < 1.29 is 9.50 Å². The maximum absolute atomic E-state index is 12.7. The minimum Gasteiger partial charge on any atom is -0.361 e. The highest BCUT2D eigenvalue weighted by atomic mass is 19.2. The van der Waals surface area contributed by atoms with Gasteiger partial charge in [0.1, 0.15) is 0 Å². The van der Waals surface area contributed by atoms with Crippen molar-refractivity contribution >= 4 is 0 Å². The normalized spacial score (nSPS) is 35.7. The number of halogens is 1. The predicted octanol–water partition coefficient (Wildman–Crippen LogP) is 0.759. The lowest BCUT2D eigenvalue weighted by Gasteiger charge is -2.19. The first-order valence-corrected chi connectivity index (χ1v) is 3.67. The predicted molar refractivity (Wildman–Crippen MR) is 37.4 cm³/mol. The molecule has 1 aliphatic rings. The van der Waals surface area contributed by atoms with Crippen molar-refractivity contribution in [2.75, 3.05) is 13.1 Å². The molecule has 1 heterocycles. The lowest BCUT2D eigenvalue weighted by molar-refractivity contribution is -0.0773. The molecule has 1 fully saturated rings. The second-order valence-electron chi connectivity index (χ2n) is 3.23. The summed E-state index contributed by atoms with van der Waals surface area (Å²) >= 11 is 0. The van der Waals surface area contributed by atoms with Gasteiger partial charge < -0.3 is 5.11 Å². The number of aliphatic hydroxyl groups is 1. The third-order valence-corrected chi connectivity index (χ3v) is 1.96. The molecule has 1 saturated heterocycles. The van der Waals surface area contributed by atoms with Gasteiger partial charge in [0.2, 0.25) is 5.85 Å². The first kappa shape index (κ1) is 7.95. The van der Waals surface area contributed by atoms with Gasteiger partial charge in [0.05, 0.1) is 6.54 Å². The summed E-state index contributed by atoms with van der Waals surface area (Å²) in [4.78, 5) is 1.93. The Bertz CT molecular complexity index is 125. The van der Waals surface area contributed by atoms with Crippen LogP contribution in [0.5, 0.6) is 0 Å². The van der Waals surface area contributed by atoms with Crippen LogP contribution in [0.25, 0.3) is 0 Å². The summed E-state index contributed by atoms with van der Waals surface area (Å²) in [6.07, 6.45) is 0.255. The van der Waals surface area contributed by atoms with E-state index in [0.717, 1.165) is 0 Å². The molecular weight excluding hydrogens is 133 g/mol. The van der Waals surface area contributed by atoms with Crippen molar-refractivity contribution in [3.05, 3.63) is 0 Å². The first-order chi connectivity index (χ1) is 4.51. The summed E-state index contributed by atoms with van der Waals surface area (Å²) in [5.74, 6) is -1.93. The van der Waals surface area contributed by atoms with Crippen LogP contribution < -0.4 is 0 Å². The fraction of sp³-hybridized carbons (Fsp3) is 1.00. The minimum atomic E-state index is -1.93. The number of alkyl halides is 1. The Morgan fingerprint density at radius 1 is 1.60 bits per heavy atom. The summed E-state index contributed by atoms with van der Waals surface area (Å²) in [6, 6.07) is 0.338. The average Bonchev–Trinajstić information content (AvgIpc) is 2.10. The number of β-amino-alcohol motifs (C(OH)–C–C–N with tert-alkyl or cyclic N) is 1. The molecule has 0 spiro atoms. The quantitative estimate of drug-likeness (QED) is 0.592. The molecule has 1 rings (SSSR count). The van der Waals surface area contributed by atoms with Gasteiger partial charge in [-0.15, -0.1) is 0 Å². The molecule has 2 nitrogen and oxygen atoms in total. The van der Waals surface area contributed by atoms with Crippen molar-refractivity contribution in [3.63, 3.8) is 0 Å². The van der Waals surface area contributed by atoms with Crippen LogP contribution in [0.15, 0.2) is 0 Å². The molecule has 60 valence electrons. The van der Waals surface area contributed by atoms with Crippen LogP contribution in [-0.4, -0.2) is 35.0 Å². The van der Waals surface area contributed by atoms with Crippen LogP contribution in [0.4, 0.5) is 4.39 Å². The number of nitrogens with zero attached hydrogens (tertiary/aromatic N) is 1. The standard InChI is InChI=1S/C7H14FNO/c1-6(2)9-4-3-7(8,10)5-9/h6,10H,3-5H2,1-2H3. The molecular formula is C7H14FNO. The maximum Gasteiger partial charge on any atom is 0.220 e. The second-order valence-corrected chi connectivity index (χ2v) is 3.23. The highest BCUT2D eigenvalue weighted by molar-refractivity contribution is 4.82. The Hall–Kier alpha value is -0.150. The zero-order valence-electron chi connectivity index (χ0n) is 6.47. The number of hydrogen-bond acceptors (Lipinski definition) is 2. The Morgan fingerprint density at radius 3 is 2.40 bits per heavy atom. The zero-order chi connectivity index (χ0) is 7.78. The SMILES string of the molecule is CC(C)N1CCC(O)(F)C1. The van der Waals surface area contributed by atoms with Crippen LogP contribution in [-0.2, 0) is 0 Å².